The average molecular weight is 265 g/mol. The Morgan fingerprint density at radius 2 is 1.83 bits per heavy atom. The summed E-state index contributed by atoms with van der Waals surface area (Å²) in [7, 11) is 2.22. The highest BCUT2D eigenvalue weighted by Crippen LogP contribution is 2.08. The van der Waals surface area contributed by atoms with E-state index >= 15 is 0 Å². The van der Waals surface area contributed by atoms with Crippen molar-refractivity contribution in [1.82, 2.24) is 10.4 Å². The van der Waals surface area contributed by atoms with E-state index in [0.717, 1.165) is 31.9 Å². The summed E-state index contributed by atoms with van der Waals surface area (Å²) in [5.74, 6) is 0. The summed E-state index contributed by atoms with van der Waals surface area (Å²) < 4.78 is 0. The van der Waals surface area contributed by atoms with Crippen molar-refractivity contribution in [3.63, 3.8) is 0 Å². The van der Waals surface area contributed by atoms with Crippen molar-refractivity contribution < 1.29 is 4.90 Å². The lowest BCUT2D eigenvalue weighted by Crippen LogP contribution is -3.12. The molecule has 0 radical (unpaired) electrons. The lowest BCUT2D eigenvalue weighted by atomic mass is 10.2. The van der Waals surface area contributed by atoms with Gasteiger partial charge in [0.2, 0.25) is 0 Å². The smallest absolute Gasteiger partial charge is 0.185 e. The summed E-state index contributed by atoms with van der Waals surface area (Å²) in [5.41, 5.74) is 5.52. The topological polar surface area (TPSA) is 31.7 Å². The molecule has 2 rings (SSSR count). The van der Waals surface area contributed by atoms with Crippen molar-refractivity contribution in [2.75, 3.05) is 38.5 Å². The molecular weight excluding hydrogens is 244 g/mol. The Kier molecular flexibility index (Phi) is 4.52. The molecule has 0 bridgehead atoms. The van der Waals surface area contributed by atoms with Gasteiger partial charge in [0.15, 0.2) is 5.11 Å². The first-order valence-electron chi connectivity index (χ1n) is 6.34. The molecule has 0 aliphatic carbocycles. The number of benzene rings is 1. The van der Waals surface area contributed by atoms with Gasteiger partial charge in [0.25, 0.3) is 0 Å². The van der Waals surface area contributed by atoms with Gasteiger partial charge in [-0.15, -0.1) is 0 Å². The van der Waals surface area contributed by atoms with Crippen LogP contribution < -0.4 is 15.6 Å². The largest absolute Gasteiger partial charge is 0.335 e. The van der Waals surface area contributed by atoms with Gasteiger partial charge >= 0.3 is 0 Å². The van der Waals surface area contributed by atoms with Crippen molar-refractivity contribution in [3.05, 3.63) is 29.8 Å². The molecule has 1 aromatic carbocycles. The number of likely N-dealkylation sites (N-methyl/N-ethyl adjacent to an activating group) is 1. The van der Waals surface area contributed by atoms with Gasteiger partial charge in [-0.25, -0.2) is 5.01 Å². The number of aryl methyl sites for hydroxylation is 1. The van der Waals surface area contributed by atoms with E-state index in [9.17, 15) is 0 Å². The lowest BCUT2D eigenvalue weighted by Gasteiger charge is -2.31. The minimum Gasteiger partial charge on any atom is -0.335 e. The molecule has 18 heavy (non-hydrogen) atoms. The first kappa shape index (κ1) is 13.3. The standard InChI is InChI=1S/C13H20N4S/c1-11-3-5-12(6-4-11)14-13(18)15-17-9-7-16(2)8-10-17/h3-6H,7-10H2,1-2H3,(H2,14,15,18)/p+1. The quantitative estimate of drug-likeness (QED) is 0.659. The first-order valence-corrected chi connectivity index (χ1v) is 6.75. The maximum absolute atomic E-state index is 5.31. The molecule has 0 saturated carbocycles. The van der Waals surface area contributed by atoms with Crippen molar-refractivity contribution in [1.29, 1.82) is 0 Å². The fraction of sp³-hybridized carbons (Fsp3) is 0.462. The van der Waals surface area contributed by atoms with Gasteiger partial charge in [-0.1, -0.05) is 17.7 Å². The molecular formula is C13H21N4S+. The number of hydrogen-bond donors (Lipinski definition) is 3. The highest BCUT2D eigenvalue weighted by atomic mass is 32.1. The van der Waals surface area contributed by atoms with Crippen LogP contribution >= 0.6 is 12.2 Å². The summed E-state index contributed by atoms with van der Waals surface area (Å²) in [5, 5.41) is 6.04. The molecule has 0 atom stereocenters. The van der Waals surface area contributed by atoms with E-state index in [1.165, 1.54) is 5.56 Å². The Balaban J connectivity index is 1.80. The Morgan fingerprint density at radius 1 is 1.22 bits per heavy atom. The zero-order valence-corrected chi connectivity index (χ0v) is 11.8. The molecule has 1 saturated heterocycles. The number of piperazine rings is 1. The third-order valence-electron chi connectivity index (χ3n) is 3.19. The number of rotatable bonds is 2. The van der Waals surface area contributed by atoms with Crippen LogP contribution in [0.15, 0.2) is 24.3 Å². The van der Waals surface area contributed by atoms with Crippen LogP contribution in [0.3, 0.4) is 0 Å². The van der Waals surface area contributed by atoms with Crippen molar-refractivity contribution in [2.45, 2.75) is 6.92 Å². The summed E-state index contributed by atoms with van der Waals surface area (Å²) >= 11 is 5.31. The monoisotopic (exact) mass is 265 g/mol. The number of nitrogens with one attached hydrogen (secondary N) is 3. The molecule has 5 heteroatoms. The number of thiocarbonyl (C=S) groups is 1. The Hall–Kier alpha value is -1.17. The van der Waals surface area contributed by atoms with Gasteiger partial charge in [0.05, 0.1) is 33.2 Å². The molecule has 3 N–H and O–H groups in total. The van der Waals surface area contributed by atoms with Crippen LogP contribution in [-0.4, -0.2) is 43.3 Å². The fourth-order valence-electron chi connectivity index (χ4n) is 1.94. The molecule has 98 valence electrons. The van der Waals surface area contributed by atoms with Crippen LogP contribution in [-0.2, 0) is 0 Å². The molecule has 4 nitrogen and oxygen atoms in total. The maximum atomic E-state index is 5.31. The Labute approximate surface area is 114 Å². The van der Waals surface area contributed by atoms with E-state index in [-0.39, 0.29) is 0 Å². The lowest BCUT2D eigenvalue weighted by molar-refractivity contribution is -0.884. The third-order valence-corrected chi connectivity index (χ3v) is 3.38. The minimum atomic E-state index is 0.665. The van der Waals surface area contributed by atoms with Gasteiger partial charge in [-0.05, 0) is 31.3 Å². The SMILES string of the molecule is Cc1ccc(NC(=S)NN2CC[NH+](C)CC2)cc1. The Bertz CT molecular complexity index is 396. The molecule has 1 aromatic rings. The second-order valence-electron chi connectivity index (χ2n) is 4.88. The normalized spacial score (nSPS) is 17.4. The number of quaternary nitrogens is 1. The number of anilines is 1. The van der Waals surface area contributed by atoms with E-state index in [0.29, 0.717) is 5.11 Å². The molecule has 0 unspecified atom stereocenters. The van der Waals surface area contributed by atoms with Crippen LogP contribution in [0.2, 0.25) is 0 Å². The highest BCUT2D eigenvalue weighted by Gasteiger charge is 2.16. The molecule has 1 heterocycles. The molecule has 0 aromatic heterocycles. The zero-order valence-electron chi connectivity index (χ0n) is 11.0. The number of nitrogens with zero attached hydrogens (tertiary/aromatic N) is 1. The minimum absolute atomic E-state index is 0.665. The molecule has 1 fully saturated rings. The van der Waals surface area contributed by atoms with Crippen LogP contribution in [0.25, 0.3) is 0 Å². The predicted octanol–water partition coefficient (Wildman–Crippen LogP) is 0.0267. The third kappa shape index (κ3) is 3.94. The van der Waals surface area contributed by atoms with Crippen LogP contribution in [0.1, 0.15) is 5.56 Å². The van der Waals surface area contributed by atoms with E-state index < -0.39 is 0 Å². The number of hydrazine groups is 1. The maximum Gasteiger partial charge on any atom is 0.185 e. The average Bonchev–Trinajstić information content (AvgIpc) is 2.35. The van der Waals surface area contributed by atoms with Gasteiger partial charge in [0, 0.05) is 5.69 Å². The number of hydrogen-bond acceptors (Lipinski definition) is 2. The van der Waals surface area contributed by atoms with Crippen LogP contribution in [0, 0.1) is 6.92 Å². The van der Waals surface area contributed by atoms with Crippen molar-refractivity contribution >= 4 is 23.0 Å². The molecule has 1 aliphatic rings. The van der Waals surface area contributed by atoms with Gasteiger partial charge in [-0.2, -0.15) is 0 Å². The second-order valence-corrected chi connectivity index (χ2v) is 5.28. The van der Waals surface area contributed by atoms with Crippen LogP contribution in [0.5, 0.6) is 0 Å². The van der Waals surface area contributed by atoms with Gasteiger partial charge < -0.3 is 10.2 Å². The van der Waals surface area contributed by atoms with E-state index in [1.54, 1.807) is 4.90 Å². The van der Waals surface area contributed by atoms with Crippen molar-refractivity contribution in [2.24, 2.45) is 0 Å². The zero-order chi connectivity index (χ0) is 13.0. The van der Waals surface area contributed by atoms with E-state index in [4.69, 9.17) is 12.2 Å². The summed E-state index contributed by atoms with van der Waals surface area (Å²) in [6, 6.07) is 8.23. The Morgan fingerprint density at radius 3 is 2.44 bits per heavy atom. The second kappa shape index (κ2) is 6.13. The van der Waals surface area contributed by atoms with E-state index in [2.05, 4.69) is 41.9 Å². The predicted molar refractivity (Wildman–Crippen MR) is 78.7 cm³/mol. The first-order chi connectivity index (χ1) is 8.63. The van der Waals surface area contributed by atoms with Gasteiger partial charge in [-0.3, -0.25) is 5.43 Å². The molecule has 0 amide bonds. The fourth-order valence-corrected chi connectivity index (χ4v) is 2.19. The molecule has 0 spiro atoms. The summed E-state index contributed by atoms with van der Waals surface area (Å²) in [6.07, 6.45) is 0. The summed E-state index contributed by atoms with van der Waals surface area (Å²) in [6.45, 7) is 6.44. The summed E-state index contributed by atoms with van der Waals surface area (Å²) in [4.78, 5) is 1.57. The van der Waals surface area contributed by atoms with E-state index in [1.807, 2.05) is 12.1 Å². The van der Waals surface area contributed by atoms with Gasteiger partial charge in [0.1, 0.15) is 0 Å². The highest BCUT2D eigenvalue weighted by molar-refractivity contribution is 7.80. The van der Waals surface area contributed by atoms with Crippen LogP contribution in [0.4, 0.5) is 5.69 Å². The molecule has 1 aliphatic heterocycles. The van der Waals surface area contributed by atoms with Crippen molar-refractivity contribution in [3.8, 4) is 0 Å².